The number of nitrogens with one attached hydrogen (secondary N) is 2. The normalized spacial score (nSPS) is 22.7. The highest BCUT2D eigenvalue weighted by molar-refractivity contribution is 8.13. The minimum Gasteiger partial charge on any atom is -0.387 e. The molecule has 2 heterocycles. The first-order valence-electron chi connectivity index (χ1n) is 20.2. The molecule has 4 N–H and O–H groups in total. The van der Waals surface area contributed by atoms with Crippen molar-refractivity contribution in [1.29, 1.82) is 5.26 Å². The largest absolute Gasteiger partial charge is 0.387 e. The fraction of sp³-hybridized carbons (Fsp3) is 0.354. The number of nitrogens with zero attached hydrogens (tertiary/aromatic N) is 2. The maximum absolute atomic E-state index is 14.0. The molecule has 6 rings (SSSR count). The van der Waals surface area contributed by atoms with Gasteiger partial charge in [-0.3, -0.25) is 15.0 Å². The summed E-state index contributed by atoms with van der Waals surface area (Å²) in [6.45, 7) is 10.7. The summed E-state index contributed by atoms with van der Waals surface area (Å²) in [5.41, 5.74) is -2.38. The third kappa shape index (κ3) is 9.52. The molecule has 0 aliphatic carbocycles. The molecule has 13 heteroatoms. The number of aliphatic hydroxyl groups excluding tert-OH is 1. The zero-order chi connectivity index (χ0) is 43.7. The van der Waals surface area contributed by atoms with Crippen LogP contribution in [0.4, 0.5) is 4.79 Å². The van der Waals surface area contributed by atoms with E-state index in [9.17, 15) is 25.1 Å². The van der Waals surface area contributed by atoms with Gasteiger partial charge in [0, 0.05) is 30.6 Å². The summed E-state index contributed by atoms with van der Waals surface area (Å²) >= 11 is 1.13. The van der Waals surface area contributed by atoms with Gasteiger partial charge in [0.2, 0.25) is 5.91 Å². The summed E-state index contributed by atoms with van der Waals surface area (Å²) in [5, 5.41) is 39.0. The maximum Gasteiger partial charge on any atom is 0.329 e. The summed E-state index contributed by atoms with van der Waals surface area (Å²) in [6, 6.07) is 40.8. The molecule has 2 aliphatic heterocycles. The number of hydrogen-bond donors (Lipinski definition) is 4. The molecule has 2 aliphatic rings. The zero-order valence-electron chi connectivity index (χ0n) is 35.0. The van der Waals surface area contributed by atoms with Crippen LogP contribution in [0.5, 0.6) is 0 Å². The minimum absolute atomic E-state index is 0.0848. The molecule has 0 aromatic heterocycles. The lowest BCUT2D eigenvalue weighted by Gasteiger charge is -2.41. The summed E-state index contributed by atoms with van der Waals surface area (Å²) in [7, 11) is 0. The third-order valence-corrected chi connectivity index (χ3v) is 12.3. The van der Waals surface area contributed by atoms with E-state index in [0.717, 1.165) is 38.9 Å². The molecular weight excluding hydrogens is 793 g/mol. The van der Waals surface area contributed by atoms with E-state index in [1.807, 2.05) is 148 Å². The number of amides is 2. The summed E-state index contributed by atoms with van der Waals surface area (Å²) < 4.78 is 25.9. The van der Waals surface area contributed by atoms with Crippen LogP contribution in [-0.4, -0.2) is 81.3 Å². The van der Waals surface area contributed by atoms with Gasteiger partial charge in [0.1, 0.15) is 23.9 Å². The Morgan fingerprint density at radius 3 is 1.98 bits per heavy atom. The number of aliphatic hydroxyl groups is 2. The number of benzene rings is 4. The number of thioether (sulfide) groups is 1. The number of urea groups is 1. The molecule has 1 fully saturated rings. The smallest absolute Gasteiger partial charge is 0.329 e. The average Bonchev–Trinajstić information content (AvgIpc) is 3.48. The molecule has 4 aromatic rings. The lowest BCUT2D eigenvalue weighted by molar-refractivity contribution is -0.271. The second-order valence-corrected chi connectivity index (χ2v) is 16.9. The molecule has 12 nitrogen and oxygen atoms in total. The van der Waals surface area contributed by atoms with Gasteiger partial charge in [-0.25, -0.2) is 4.79 Å². The highest BCUT2D eigenvalue weighted by Crippen LogP contribution is 2.44. The molecule has 0 saturated carbocycles. The van der Waals surface area contributed by atoms with Crippen molar-refractivity contribution >= 4 is 22.9 Å². The SMILES string of the molecule is C=C1C=CN([C@]2(C#N)O[C@H](COC(CC)(NCc3ccccc3)OCCSC(=O)C(C)(C)COC(c3ccccc3)(c3ccccc3)c3ccccc3)[C@@H](O)[C@@]2(C)O)C(=O)N1. The van der Waals surface area contributed by atoms with Crippen molar-refractivity contribution in [2.24, 2.45) is 5.41 Å². The Hall–Kier alpha value is -5.14. The lowest BCUT2D eigenvalue weighted by Crippen LogP contribution is -2.65. The summed E-state index contributed by atoms with van der Waals surface area (Å²) in [4.78, 5) is 27.8. The predicted molar refractivity (Wildman–Crippen MR) is 233 cm³/mol. The molecule has 1 saturated heterocycles. The molecule has 0 bridgehead atoms. The van der Waals surface area contributed by atoms with Crippen molar-refractivity contribution in [2.75, 3.05) is 25.6 Å². The van der Waals surface area contributed by atoms with Gasteiger partial charge in [-0.05, 0) is 49.1 Å². The Balaban J connectivity index is 1.15. The standard InChI is InChI=1S/C48H54N4O8S/c1-6-47(50-31-36-19-11-7-12-20-36,58-32-40-41(53)45(5,56)46(33-49,60-40)52-28-27-35(2)51-43(52)55)57-29-30-61-42(54)44(3,4)34-59-48(37-21-13-8-14-22-37,38-23-15-9-16-24-38)39-25-17-10-18-26-39/h7-28,40-41,50,53,56H,2,6,29-32,34H2,1,3-5H3,(H,51,55)/t40-,41-,45-,46-,47?/m1/s1. The van der Waals surface area contributed by atoms with Crippen molar-refractivity contribution in [3.05, 3.63) is 168 Å². The minimum atomic E-state index is -2.30. The van der Waals surface area contributed by atoms with Gasteiger partial charge >= 0.3 is 6.03 Å². The van der Waals surface area contributed by atoms with Crippen LogP contribution in [-0.2, 0) is 35.9 Å². The van der Waals surface area contributed by atoms with Gasteiger partial charge < -0.3 is 34.5 Å². The summed E-state index contributed by atoms with van der Waals surface area (Å²) in [6.07, 6.45) is 0.0862. The molecule has 0 radical (unpaired) electrons. The van der Waals surface area contributed by atoms with E-state index in [1.54, 1.807) is 0 Å². The van der Waals surface area contributed by atoms with Crippen molar-refractivity contribution in [1.82, 2.24) is 15.5 Å². The van der Waals surface area contributed by atoms with E-state index in [0.29, 0.717) is 6.54 Å². The first-order valence-corrected chi connectivity index (χ1v) is 21.2. The molecule has 61 heavy (non-hydrogen) atoms. The first-order chi connectivity index (χ1) is 29.2. The van der Waals surface area contributed by atoms with Gasteiger partial charge in [-0.2, -0.15) is 5.26 Å². The van der Waals surface area contributed by atoms with Crippen LogP contribution in [0.25, 0.3) is 0 Å². The topological polar surface area (TPSA) is 163 Å². The van der Waals surface area contributed by atoms with Crippen LogP contribution >= 0.6 is 11.8 Å². The second-order valence-electron chi connectivity index (χ2n) is 15.8. The number of nitriles is 1. The molecule has 0 spiro atoms. The molecule has 4 aromatic carbocycles. The highest BCUT2D eigenvalue weighted by atomic mass is 32.2. The number of carbonyl (C=O) groups is 2. The quantitative estimate of drug-likeness (QED) is 0.0439. The highest BCUT2D eigenvalue weighted by Gasteiger charge is 2.67. The number of rotatable bonds is 19. The van der Waals surface area contributed by atoms with Gasteiger partial charge in [0.25, 0.3) is 5.72 Å². The fourth-order valence-electron chi connectivity index (χ4n) is 7.48. The Morgan fingerprint density at radius 1 is 0.934 bits per heavy atom. The van der Waals surface area contributed by atoms with Crippen molar-refractivity contribution in [3.63, 3.8) is 0 Å². The van der Waals surface area contributed by atoms with Gasteiger partial charge in [0.15, 0.2) is 10.7 Å². The maximum atomic E-state index is 14.0. The van der Waals surface area contributed by atoms with E-state index in [-0.39, 0.29) is 42.8 Å². The van der Waals surface area contributed by atoms with Crippen LogP contribution in [0.1, 0.15) is 56.4 Å². The van der Waals surface area contributed by atoms with Crippen LogP contribution in [0.2, 0.25) is 0 Å². The van der Waals surface area contributed by atoms with E-state index in [2.05, 4.69) is 17.2 Å². The molecule has 320 valence electrons. The lowest BCUT2D eigenvalue weighted by atomic mass is 9.79. The number of carbonyl (C=O) groups excluding carboxylic acids is 2. The van der Waals surface area contributed by atoms with Gasteiger partial charge in [-0.1, -0.05) is 147 Å². The van der Waals surface area contributed by atoms with Crippen molar-refractivity contribution < 1.29 is 38.7 Å². The van der Waals surface area contributed by atoms with Crippen LogP contribution in [0.15, 0.2) is 146 Å². The number of hydrogen-bond acceptors (Lipinski definition) is 11. The Labute approximate surface area is 362 Å². The Bertz CT molecular complexity index is 2090. The van der Waals surface area contributed by atoms with Crippen molar-refractivity contribution in [2.45, 2.75) is 75.7 Å². The van der Waals surface area contributed by atoms with E-state index >= 15 is 0 Å². The monoisotopic (exact) mass is 846 g/mol. The fourth-order valence-corrected chi connectivity index (χ4v) is 8.28. The third-order valence-electron chi connectivity index (χ3n) is 11.1. The van der Waals surface area contributed by atoms with Gasteiger partial charge in [0.05, 0.1) is 25.2 Å². The van der Waals surface area contributed by atoms with Crippen LogP contribution < -0.4 is 10.6 Å². The first kappa shape index (κ1) is 45.4. The predicted octanol–water partition coefficient (Wildman–Crippen LogP) is 6.95. The van der Waals surface area contributed by atoms with Crippen LogP contribution in [0.3, 0.4) is 0 Å². The molecule has 1 unspecified atom stereocenters. The van der Waals surface area contributed by atoms with Crippen molar-refractivity contribution in [3.8, 4) is 6.07 Å². The van der Waals surface area contributed by atoms with Crippen LogP contribution in [0, 0.1) is 16.7 Å². The van der Waals surface area contributed by atoms with E-state index in [1.165, 1.54) is 19.2 Å². The average molecular weight is 847 g/mol. The number of allylic oxidation sites excluding steroid dienone is 1. The summed E-state index contributed by atoms with van der Waals surface area (Å²) in [5.74, 6) is -1.18. The van der Waals surface area contributed by atoms with E-state index in [4.69, 9.17) is 18.9 Å². The Morgan fingerprint density at radius 2 is 1.48 bits per heavy atom. The second kappa shape index (κ2) is 19.3. The zero-order valence-corrected chi connectivity index (χ0v) is 35.8. The Kier molecular flexibility index (Phi) is 14.3. The number of ether oxygens (including phenoxy) is 4. The van der Waals surface area contributed by atoms with Gasteiger partial charge in [-0.15, -0.1) is 0 Å². The molecular formula is C48H54N4O8S. The molecule has 2 amide bonds. The van der Waals surface area contributed by atoms with E-state index < -0.39 is 46.5 Å². The molecule has 5 atom stereocenters.